The van der Waals surface area contributed by atoms with Crippen LogP contribution in [0.4, 0.5) is 0 Å². The van der Waals surface area contributed by atoms with E-state index in [9.17, 15) is 0 Å². The number of ether oxygens (including phenoxy) is 1. The molecule has 0 amide bonds. The van der Waals surface area contributed by atoms with E-state index in [1.165, 1.54) is 15.1 Å². The summed E-state index contributed by atoms with van der Waals surface area (Å²) in [6.07, 6.45) is 0. The molecule has 11 heavy (non-hydrogen) atoms. The van der Waals surface area contributed by atoms with Gasteiger partial charge in [0.1, 0.15) is 0 Å². The monoisotopic (exact) mass is 344 g/mol. The predicted molar refractivity (Wildman–Crippen MR) is 50.1 cm³/mol. The van der Waals surface area contributed by atoms with Gasteiger partial charge in [-0.15, -0.1) is 0 Å². The van der Waals surface area contributed by atoms with Crippen LogP contribution in [0.2, 0.25) is 8.46 Å². The van der Waals surface area contributed by atoms with Crippen LogP contribution in [0.25, 0.3) is 0 Å². The average molecular weight is 344 g/mol. The van der Waals surface area contributed by atoms with E-state index in [-0.39, 0.29) is 0 Å². The molecule has 1 heterocycles. The van der Waals surface area contributed by atoms with Crippen molar-refractivity contribution in [3.63, 3.8) is 0 Å². The Labute approximate surface area is 77.3 Å². The quantitative estimate of drug-likeness (QED) is 0.699. The fourth-order valence-electron chi connectivity index (χ4n) is 1.65. The summed E-state index contributed by atoms with van der Waals surface area (Å²) in [5, 5.41) is 0. The number of hydrogen-bond acceptors (Lipinski definition) is 1. The van der Waals surface area contributed by atoms with E-state index in [2.05, 4.69) is 18.0 Å². The molecule has 0 aromatic carbocycles. The summed E-state index contributed by atoms with van der Waals surface area (Å²) in [5.41, 5.74) is 2.84. The van der Waals surface area contributed by atoms with Gasteiger partial charge in [0.15, 0.2) is 0 Å². The Morgan fingerprint density at radius 2 is 2.27 bits per heavy atom. The Hall–Kier alpha value is 0.362. The SMILES string of the molecule is C=C1[CH2][Tl]([CH3])[C](COC)=C1C. The maximum absolute atomic E-state index is 5.17. The van der Waals surface area contributed by atoms with Crippen molar-refractivity contribution in [1.82, 2.24) is 0 Å². The van der Waals surface area contributed by atoms with Gasteiger partial charge in [-0.25, -0.2) is 0 Å². The molecule has 1 aliphatic heterocycles. The second kappa shape index (κ2) is 3.85. The normalized spacial score (nSPS) is 18.5. The number of allylic oxidation sites excluding steroid dienone is 2. The maximum atomic E-state index is 5.17. The molecule has 0 aliphatic carbocycles. The molecule has 0 atom stereocenters. The molecule has 0 fully saturated rings. The van der Waals surface area contributed by atoms with E-state index in [4.69, 9.17) is 4.74 Å². The van der Waals surface area contributed by atoms with Gasteiger partial charge in [0.05, 0.1) is 0 Å². The van der Waals surface area contributed by atoms with E-state index >= 15 is 0 Å². The van der Waals surface area contributed by atoms with Crippen LogP contribution in [-0.4, -0.2) is 36.4 Å². The van der Waals surface area contributed by atoms with Crippen molar-refractivity contribution in [1.29, 1.82) is 0 Å². The molecule has 0 radical (unpaired) electrons. The summed E-state index contributed by atoms with van der Waals surface area (Å²) in [6, 6.07) is 0. The third-order valence-electron chi connectivity index (χ3n) is 2.46. The van der Waals surface area contributed by atoms with E-state index in [0.29, 0.717) is 0 Å². The molecule has 0 saturated carbocycles. The van der Waals surface area contributed by atoms with Crippen molar-refractivity contribution >= 4 is 22.7 Å². The second-order valence-corrected chi connectivity index (χ2v) is 14.6. The first-order chi connectivity index (χ1) is 5.16. The molecule has 0 saturated heterocycles. The first-order valence-corrected chi connectivity index (χ1v) is 13.9. The summed E-state index contributed by atoms with van der Waals surface area (Å²) in [4.78, 5) is 0. The van der Waals surface area contributed by atoms with E-state index in [1.807, 2.05) is 0 Å². The zero-order valence-corrected chi connectivity index (χ0v) is 12.1. The Balaban J connectivity index is 2.79. The summed E-state index contributed by atoms with van der Waals surface area (Å²) < 4.78 is 10.6. The fraction of sp³-hybridized carbons (Fsp3) is 0.556. The summed E-state index contributed by atoms with van der Waals surface area (Å²) in [6.45, 7) is 7.12. The van der Waals surface area contributed by atoms with Crippen LogP contribution >= 0.6 is 0 Å². The topological polar surface area (TPSA) is 9.23 Å². The van der Waals surface area contributed by atoms with Gasteiger partial charge in [0, 0.05) is 0 Å². The third kappa shape index (κ3) is 1.93. The zero-order valence-electron chi connectivity index (χ0n) is 7.61. The fourth-order valence-corrected chi connectivity index (χ4v) is 12.1. The first-order valence-electron chi connectivity index (χ1n) is 4.03. The first kappa shape index (κ1) is 9.45. The Morgan fingerprint density at radius 1 is 1.64 bits per heavy atom. The van der Waals surface area contributed by atoms with Gasteiger partial charge in [0.25, 0.3) is 0 Å². The minimum absolute atomic E-state index is 0.869. The Kier molecular flexibility index (Phi) is 3.31. The van der Waals surface area contributed by atoms with Gasteiger partial charge in [-0.3, -0.25) is 0 Å². The number of hydrogen-bond donors (Lipinski definition) is 0. The van der Waals surface area contributed by atoms with Crippen molar-refractivity contribution < 1.29 is 4.74 Å². The standard InChI is InChI=1S/C8H12O.CH3.Tl/c1-7(2)8(3)5-6-9-4;;/h1-2,6H2,3-4H3;1H3;. The minimum atomic E-state index is -1.41. The molecule has 1 aliphatic rings. The molecule has 60 valence electrons. The van der Waals surface area contributed by atoms with Crippen molar-refractivity contribution in [2.75, 3.05) is 13.7 Å². The molecule has 0 bridgehead atoms. The van der Waals surface area contributed by atoms with Crippen LogP contribution in [0.15, 0.2) is 20.9 Å². The third-order valence-corrected chi connectivity index (χ3v) is 13.7. The molecule has 0 spiro atoms. The summed E-state index contributed by atoms with van der Waals surface area (Å²) >= 11 is -1.41. The van der Waals surface area contributed by atoms with Gasteiger partial charge >= 0.3 is 77.4 Å². The number of rotatable bonds is 2. The molecule has 0 N–H and O–H groups in total. The molecule has 0 aromatic heterocycles. The molecule has 1 nitrogen and oxygen atoms in total. The van der Waals surface area contributed by atoms with Crippen molar-refractivity contribution in [3.8, 4) is 0 Å². The van der Waals surface area contributed by atoms with E-state index < -0.39 is 22.7 Å². The van der Waals surface area contributed by atoms with Crippen LogP contribution in [0, 0.1) is 0 Å². The van der Waals surface area contributed by atoms with Crippen LogP contribution in [0.1, 0.15) is 6.92 Å². The van der Waals surface area contributed by atoms with Crippen LogP contribution in [-0.2, 0) is 4.74 Å². The average Bonchev–Trinajstić information content (AvgIpc) is 2.17. The van der Waals surface area contributed by atoms with E-state index in [0.717, 1.165) is 6.61 Å². The summed E-state index contributed by atoms with van der Waals surface area (Å²) in [7, 11) is 1.78. The van der Waals surface area contributed by atoms with Gasteiger partial charge in [0.2, 0.25) is 0 Å². The van der Waals surface area contributed by atoms with Gasteiger partial charge in [-0.05, 0) is 0 Å². The molecular formula is C9H15OTl. The van der Waals surface area contributed by atoms with Crippen LogP contribution in [0.5, 0.6) is 0 Å². The van der Waals surface area contributed by atoms with Crippen molar-refractivity contribution in [2.45, 2.75) is 15.4 Å². The summed E-state index contributed by atoms with van der Waals surface area (Å²) in [5.74, 6) is 0. The van der Waals surface area contributed by atoms with Crippen molar-refractivity contribution in [2.24, 2.45) is 0 Å². The molecular weight excluding hydrogens is 328 g/mol. The zero-order chi connectivity index (χ0) is 8.43. The Bertz CT molecular complexity index is 206. The van der Waals surface area contributed by atoms with Crippen molar-refractivity contribution in [3.05, 3.63) is 20.9 Å². The van der Waals surface area contributed by atoms with Gasteiger partial charge in [-0.2, -0.15) is 0 Å². The van der Waals surface area contributed by atoms with E-state index in [1.54, 1.807) is 10.2 Å². The Morgan fingerprint density at radius 3 is 2.64 bits per heavy atom. The van der Waals surface area contributed by atoms with Crippen LogP contribution < -0.4 is 0 Å². The van der Waals surface area contributed by atoms with Gasteiger partial charge in [-0.1, -0.05) is 0 Å². The van der Waals surface area contributed by atoms with Gasteiger partial charge < -0.3 is 0 Å². The molecule has 0 aromatic rings. The second-order valence-electron chi connectivity index (χ2n) is 3.29. The predicted octanol–water partition coefficient (Wildman–Crippen LogP) is 2.18. The molecule has 2 heteroatoms. The molecule has 1 rings (SSSR count). The number of methoxy groups -OCH3 is 1. The van der Waals surface area contributed by atoms with Crippen LogP contribution in [0.3, 0.4) is 0 Å². The molecule has 0 unspecified atom stereocenters.